The third kappa shape index (κ3) is 1.57. The molecule has 0 N–H and O–H groups in total. The first-order chi connectivity index (χ1) is 11.4. The van der Waals surface area contributed by atoms with E-state index in [2.05, 4.69) is 26.8 Å². The van der Waals surface area contributed by atoms with Gasteiger partial charge in [-0.05, 0) is 75.0 Å². The van der Waals surface area contributed by atoms with Crippen molar-refractivity contribution in [1.82, 2.24) is 0 Å². The van der Waals surface area contributed by atoms with Crippen LogP contribution in [0.3, 0.4) is 0 Å². The van der Waals surface area contributed by atoms with E-state index in [1.807, 2.05) is 7.11 Å². The Balaban J connectivity index is 1.61. The molecule has 0 aromatic carbocycles. The summed E-state index contributed by atoms with van der Waals surface area (Å²) < 4.78 is 13.1. The smallest absolute Gasteiger partial charge is 0.169 e. The van der Waals surface area contributed by atoms with Gasteiger partial charge in [0.25, 0.3) is 0 Å². The van der Waals surface area contributed by atoms with Crippen molar-refractivity contribution in [2.45, 2.75) is 89.9 Å². The van der Waals surface area contributed by atoms with Gasteiger partial charge in [-0.15, -0.1) is 0 Å². The van der Waals surface area contributed by atoms with Gasteiger partial charge < -0.3 is 9.47 Å². The third-order valence-electron chi connectivity index (χ3n) is 9.74. The minimum Gasteiger partial charge on any atom is -0.353 e. The molecule has 0 radical (unpaired) electrons. The van der Waals surface area contributed by atoms with E-state index >= 15 is 0 Å². The molecule has 4 saturated carbocycles. The fourth-order valence-electron chi connectivity index (χ4n) is 8.33. The SMILES string of the molecule is C/C=C1/CCC2C3CCC4C[C@]5(OC)CC[C@]4(C)[C@]3(CC[C@]12C)O5. The molecule has 0 aromatic heterocycles. The van der Waals surface area contributed by atoms with Crippen molar-refractivity contribution in [2.24, 2.45) is 28.6 Å². The van der Waals surface area contributed by atoms with E-state index in [-0.39, 0.29) is 11.4 Å². The van der Waals surface area contributed by atoms with Crippen LogP contribution in [0.5, 0.6) is 0 Å². The molecule has 2 nitrogen and oxygen atoms in total. The minimum atomic E-state index is -0.267. The molecule has 4 aliphatic carbocycles. The third-order valence-corrected chi connectivity index (χ3v) is 9.74. The van der Waals surface area contributed by atoms with Crippen LogP contribution >= 0.6 is 0 Å². The second kappa shape index (κ2) is 4.68. The second-order valence-corrected chi connectivity index (χ2v) is 9.99. The number of hydrogen-bond donors (Lipinski definition) is 0. The monoisotopic (exact) mass is 330 g/mol. The Hall–Kier alpha value is -0.340. The number of ether oxygens (including phenoxy) is 2. The molecule has 2 saturated heterocycles. The first kappa shape index (κ1) is 15.9. The largest absolute Gasteiger partial charge is 0.353 e. The van der Waals surface area contributed by atoms with Crippen LogP contribution in [0.4, 0.5) is 0 Å². The molecular formula is C22H34O2. The number of hydrogen-bond acceptors (Lipinski definition) is 2. The van der Waals surface area contributed by atoms with Gasteiger partial charge in [0.05, 0.1) is 5.60 Å². The highest BCUT2D eigenvalue weighted by Gasteiger charge is 2.73. The molecule has 6 rings (SSSR count). The quantitative estimate of drug-likeness (QED) is 0.593. The maximum atomic E-state index is 7.07. The van der Waals surface area contributed by atoms with Gasteiger partial charge in [0, 0.05) is 25.4 Å². The summed E-state index contributed by atoms with van der Waals surface area (Å²) in [7, 11) is 1.88. The van der Waals surface area contributed by atoms with Crippen molar-refractivity contribution < 1.29 is 9.47 Å². The summed E-state index contributed by atoms with van der Waals surface area (Å²) in [5.74, 6) is 2.10. The minimum absolute atomic E-state index is 0.0931. The van der Waals surface area contributed by atoms with Gasteiger partial charge in [0.2, 0.25) is 0 Å². The first-order valence-corrected chi connectivity index (χ1v) is 10.3. The highest BCUT2D eigenvalue weighted by Crippen LogP contribution is 2.74. The maximum Gasteiger partial charge on any atom is 0.169 e. The Morgan fingerprint density at radius 2 is 1.88 bits per heavy atom. The van der Waals surface area contributed by atoms with Crippen LogP contribution < -0.4 is 0 Å². The van der Waals surface area contributed by atoms with Gasteiger partial charge >= 0.3 is 0 Å². The Labute approximate surface area is 147 Å². The molecule has 2 heteroatoms. The lowest BCUT2D eigenvalue weighted by Gasteiger charge is -2.73. The molecule has 6 fully saturated rings. The number of fused-ring (bicyclic) bond motifs is 3. The van der Waals surface area contributed by atoms with Crippen LogP contribution in [0.25, 0.3) is 0 Å². The molecule has 0 amide bonds. The first-order valence-electron chi connectivity index (χ1n) is 10.3. The van der Waals surface area contributed by atoms with Gasteiger partial charge in [0.15, 0.2) is 5.79 Å². The van der Waals surface area contributed by atoms with E-state index in [1.54, 1.807) is 5.57 Å². The van der Waals surface area contributed by atoms with Crippen molar-refractivity contribution in [2.75, 3.05) is 7.11 Å². The lowest BCUT2D eigenvalue weighted by atomic mass is 9.40. The maximum absolute atomic E-state index is 7.07. The van der Waals surface area contributed by atoms with Crippen molar-refractivity contribution >= 4 is 0 Å². The number of methoxy groups -OCH3 is 1. The number of allylic oxidation sites excluding steroid dienone is 2. The van der Waals surface area contributed by atoms with E-state index in [1.165, 1.54) is 44.9 Å². The fraction of sp³-hybridized carbons (Fsp3) is 0.909. The van der Waals surface area contributed by atoms with Crippen LogP contribution in [0.2, 0.25) is 0 Å². The summed E-state index contributed by atoms with van der Waals surface area (Å²) in [5, 5.41) is 0. The summed E-state index contributed by atoms with van der Waals surface area (Å²) in [5.41, 5.74) is 2.65. The lowest BCUT2D eigenvalue weighted by Crippen LogP contribution is -2.74. The Morgan fingerprint density at radius 1 is 1.04 bits per heavy atom. The van der Waals surface area contributed by atoms with Crippen molar-refractivity contribution in [3.05, 3.63) is 11.6 Å². The summed E-state index contributed by atoms with van der Waals surface area (Å²) in [6, 6.07) is 0. The zero-order valence-electron chi connectivity index (χ0n) is 16.0. The average molecular weight is 331 g/mol. The molecule has 4 bridgehead atoms. The van der Waals surface area contributed by atoms with E-state index in [9.17, 15) is 0 Å². The summed E-state index contributed by atoms with van der Waals surface area (Å²) in [6.45, 7) is 7.40. The Morgan fingerprint density at radius 3 is 2.62 bits per heavy atom. The number of rotatable bonds is 1. The topological polar surface area (TPSA) is 18.5 Å². The molecule has 6 aliphatic rings. The van der Waals surface area contributed by atoms with Crippen molar-refractivity contribution in [1.29, 1.82) is 0 Å². The zero-order chi connectivity index (χ0) is 16.8. The molecule has 24 heavy (non-hydrogen) atoms. The van der Waals surface area contributed by atoms with E-state index in [4.69, 9.17) is 9.47 Å². The highest BCUT2D eigenvalue weighted by molar-refractivity contribution is 5.28. The van der Waals surface area contributed by atoms with Crippen molar-refractivity contribution in [3.8, 4) is 0 Å². The summed E-state index contributed by atoms with van der Waals surface area (Å²) in [4.78, 5) is 0. The molecule has 0 aromatic rings. The molecule has 134 valence electrons. The Kier molecular flexibility index (Phi) is 3.10. The highest BCUT2D eigenvalue weighted by atomic mass is 16.7. The van der Waals surface area contributed by atoms with Gasteiger partial charge in [-0.2, -0.15) is 0 Å². The van der Waals surface area contributed by atoms with Gasteiger partial charge in [-0.3, -0.25) is 0 Å². The Bertz CT molecular complexity index is 597. The molecule has 2 heterocycles. The lowest BCUT2D eigenvalue weighted by molar-refractivity contribution is -0.422. The van der Waals surface area contributed by atoms with Gasteiger partial charge in [-0.1, -0.05) is 25.5 Å². The molecule has 7 atom stereocenters. The van der Waals surface area contributed by atoms with Crippen LogP contribution in [0, 0.1) is 28.6 Å². The second-order valence-electron chi connectivity index (χ2n) is 9.99. The standard InChI is InChI=1S/C22H34O2/c1-5-15-6-8-17-18-9-7-16-14-21(23-4)12-11-20(16,3)22(18,24-21)13-10-19(15,17)2/h5,16-18H,6-14H2,1-4H3/b15-5-/t16?,17?,18?,19-,20+,21+,22-/m1/s1. The molecule has 1 spiro atoms. The van der Waals surface area contributed by atoms with Gasteiger partial charge in [0.1, 0.15) is 0 Å². The van der Waals surface area contributed by atoms with Crippen LogP contribution in [0.15, 0.2) is 11.6 Å². The van der Waals surface area contributed by atoms with Crippen LogP contribution in [-0.4, -0.2) is 18.5 Å². The summed E-state index contributed by atoms with van der Waals surface area (Å²) in [6.07, 6.45) is 14.0. The average Bonchev–Trinajstić information content (AvgIpc) is 2.91. The van der Waals surface area contributed by atoms with E-state index < -0.39 is 0 Å². The molecular weight excluding hydrogens is 296 g/mol. The van der Waals surface area contributed by atoms with Crippen LogP contribution in [-0.2, 0) is 9.47 Å². The molecule has 2 aliphatic heterocycles. The fourth-order valence-corrected chi connectivity index (χ4v) is 8.33. The van der Waals surface area contributed by atoms with Crippen LogP contribution in [0.1, 0.15) is 78.6 Å². The van der Waals surface area contributed by atoms with E-state index in [0.29, 0.717) is 10.8 Å². The van der Waals surface area contributed by atoms with E-state index in [0.717, 1.165) is 30.6 Å². The predicted molar refractivity (Wildman–Crippen MR) is 95.6 cm³/mol. The predicted octanol–water partition coefficient (Wildman–Crippen LogP) is 5.47. The molecule has 3 unspecified atom stereocenters. The van der Waals surface area contributed by atoms with Gasteiger partial charge in [-0.25, -0.2) is 0 Å². The van der Waals surface area contributed by atoms with Crippen molar-refractivity contribution in [3.63, 3.8) is 0 Å². The normalized spacial score (nSPS) is 60.2. The summed E-state index contributed by atoms with van der Waals surface area (Å²) >= 11 is 0. The zero-order valence-corrected chi connectivity index (χ0v) is 16.0.